The number of nitrogens with one attached hydrogen (secondary N) is 1. The average molecular weight is 483 g/mol. The van der Waals surface area contributed by atoms with Crippen molar-refractivity contribution in [2.75, 3.05) is 14.1 Å². The van der Waals surface area contributed by atoms with Crippen LogP contribution in [-0.2, 0) is 34.8 Å². The first kappa shape index (κ1) is 23.9. The van der Waals surface area contributed by atoms with Gasteiger partial charge in [0, 0.05) is 40.5 Å². The predicted molar refractivity (Wildman–Crippen MR) is 132 cm³/mol. The van der Waals surface area contributed by atoms with Crippen LogP contribution in [0.5, 0.6) is 0 Å². The van der Waals surface area contributed by atoms with E-state index in [2.05, 4.69) is 21.8 Å². The van der Waals surface area contributed by atoms with Gasteiger partial charge in [-0.25, -0.2) is 22.7 Å². The first-order valence-electron chi connectivity index (χ1n) is 11.3. The van der Waals surface area contributed by atoms with Crippen molar-refractivity contribution >= 4 is 38.0 Å². The van der Waals surface area contributed by atoms with Crippen LogP contribution in [0, 0.1) is 0 Å². The van der Waals surface area contributed by atoms with Crippen LogP contribution in [-0.4, -0.2) is 51.8 Å². The second kappa shape index (κ2) is 9.19. The SMILES string of the molecule is CCn1c(C(C)NC(=O)CCc2nc3cc(S(=O)(=O)N(C)C)ccc3n2C)nc2ccccc21. The molecule has 1 atom stereocenters. The Balaban J connectivity index is 1.48. The standard InChI is InChI=1S/C24H30N6O3S/c1-6-30-21-10-8-7-9-18(21)27-24(30)16(2)25-23(31)14-13-22-26-19-15-17(34(32,33)28(3)4)11-12-20(19)29(22)5/h7-12,15-16H,6,13-14H2,1-5H3,(H,25,31). The minimum absolute atomic E-state index is 0.0925. The number of fused-ring (bicyclic) bond motifs is 2. The Labute approximate surface area is 199 Å². The lowest BCUT2D eigenvalue weighted by Crippen LogP contribution is -2.29. The number of hydrogen-bond acceptors (Lipinski definition) is 5. The highest BCUT2D eigenvalue weighted by atomic mass is 32.2. The lowest BCUT2D eigenvalue weighted by molar-refractivity contribution is -0.121. The topological polar surface area (TPSA) is 102 Å². The van der Waals surface area contributed by atoms with Gasteiger partial charge in [-0.2, -0.15) is 0 Å². The number of benzene rings is 2. The van der Waals surface area contributed by atoms with Crippen LogP contribution in [0.4, 0.5) is 0 Å². The normalized spacial score (nSPS) is 13.1. The van der Waals surface area contributed by atoms with Crippen LogP contribution < -0.4 is 5.32 Å². The van der Waals surface area contributed by atoms with Gasteiger partial charge in [-0.3, -0.25) is 4.79 Å². The van der Waals surface area contributed by atoms with Gasteiger partial charge in [-0.05, 0) is 44.2 Å². The summed E-state index contributed by atoms with van der Waals surface area (Å²) in [4.78, 5) is 22.2. The zero-order valence-corrected chi connectivity index (χ0v) is 20.9. The van der Waals surface area contributed by atoms with E-state index in [0.717, 1.165) is 34.7 Å². The fourth-order valence-electron chi connectivity index (χ4n) is 4.18. The molecular weight excluding hydrogens is 452 g/mol. The number of amides is 1. The van der Waals surface area contributed by atoms with Crippen LogP contribution >= 0.6 is 0 Å². The van der Waals surface area contributed by atoms with Crippen LogP contribution in [0.1, 0.15) is 38.0 Å². The first-order chi connectivity index (χ1) is 16.1. The van der Waals surface area contributed by atoms with Crippen molar-refractivity contribution in [3.8, 4) is 0 Å². The van der Waals surface area contributed by atoms with Gasteiger partial charge in [-0.1, -0.05) is 12.1 Å². The summed E-state index contributed by atoms with van der Waals surface area (Å²) in [6.45, 7) is 4.77. The highest BCUT2D eigenvalue weighted by molar-refractivity contribution is 7.89. The Bertz CT molecular complexity index is 1470. The molecule has 1 amide bonds. The summed E-state index contributed by atoms with van der Waals surface area (Å²) in [5.41, 5.74) is 3.37. The number of aromatic nitrogens is 4. The predicted octanol–water partition coefficient (Wildman–Crippen LogP) is 3.00. The summed E-state index contributed by atoms with van der Waals surface area (Å²) in [5.74, 6) is 1.46. The third-order valence-corrected chi connectivity index (χ3v) is 7.88. The number of carbonyl (C=O) groups is 1. The lowest BCUT2D eigenvalue weighted by Gasteiger charge is -2.15. The van der Waals surface area contributed by atoms with Crippen molar-refractivity contribution in [1.29, 1.82) is 0 Å². The molecular formula is C24H30N6O3S. The quantitative estimate of drug-likeness (QED) is 0.416. The van der Waals surface area contributed by atoms with Crippen molar-refractivity contribution < 1.29 is 13.2 Å². The molecule has 1 unspecified atom stereocenters. The molecule has 10 heteroatoms. The van der Waals surface area contributed by atoms with E-state index in [9.17, 15) is 13.2 Å². The number of carbonyl (C=O) groups excluding carboxylic acids is 1. The highest BCUT2D eigenvalue weighted by Gasteiger charge is 2.20. The number of hydrogen-bond donors (Lipinski definition) is 1. The van der Waals surface area contributed by atoms with E-state index in [0.29, 0.717) is 11.9 Å². The minimum Gasteiger partial charge on any atom is -0.346 e. The van der Waals surface area contributed by atoms with Gasteiger partial charge in [0.2, 0.25) is 15.9 Å². The molecule has 4 rings (SSSR count). The molecule has 4 aromatic rings. The molecule has 2 heterocycles. The fourth-order valence-corrected chi connectivity index (χ4v) is 5.11. The molecule has 0 aliphatic carbocycles. The Morgan fingerprint density at radius 3 is 2.53 bits per heavy atom. The molecule has 0 bridgehead atoms. The van der Waals surface area contributed by atoms with Gasteiger partial charge < -0.3 is 14.5 Å². The van der Waals surface area contributed by atoms with Crippen LogP contribution in [0.3, 0.4) is 0 Å². The molecule has 0 aliphatic heterocycles. The zero-order valence-electron chi connectivity index (χ0n) is 20.1. The Kier molecular flexibility index (Phi) is 6.46. The summed E-state index contributed by atoms with van der Waals surface area (Å²) in [6.07, 6.45) is 0.695. The van der Waals surface area contributed by atoms with E-state index in [1.54, 1.807) is 18.2 Å². The molecule has 0 radical (unpaired) electrons. The van der Waals surface area contributed by atoms with Crippen molar-refractivity contribution in [1.82, 2.24) is 28.7 Å². The molecule has 0 spiro atoms. The van der Waals surface area contributed by atoms with Gasteiger partial charge in [0.25, 0.3) is 0 Å². The summed E-state index contributed by atoms with van der Waals surface area (Å²) in [5, 5.41) is 3.05. The number of rotatable bonds is 8. The Morgan fingerprint density at radius 1 is 1.09 bits per heavy atom. The summed E-state index contributed by atoms with van der Waals surface area (Å²) in [6, 6.07) is 12.6. The Hall–Kier alpha value is -3.24. The third kappa shape index (κ3) is 4.30. The number of aryl methyl sites for hydroxylation is 3. The molecule has 0 saturated carbocycles. The average Bonchev–Trinajstić information content (AvgIpc) is 3.34. The van der Waals surface area contributed by atoms with Gasteiger partial charge in [-0.15, -0.1) is 0 Å². The van der Waals surface area contributed by atoms with E-state index < -0.39 is 10.0 Å². The number of para-hydroxylation sites is 2. The van der Waals surface area contributed by atoms with Crippen molar-refractivity contribution in [2.24, 2.45) is 7.05 Å². The van der Waals surface area contributed by atoms with Gasteiger partial charge in [0.1, 0.15) is 11.6 Å². The second-order valence-corrected chi connectivity index (χ2v) is 10.7. The van der Waals surface area contributed by atoms with Gasteiger partial charge in [0.15, 0.2) is 0 Å². The van der Waals surface area contributed by atoms with Crippen LogP contribution in [0.2, 0.25) is 0 Å². The summed E-state index contributed by atoms with van der Waals surface area (Å²) in [7, 11) is 1.33. The number of imidazole rings is 2. The van der Waals surface area contributed by atoms with E-state index in [1.807, 2.05) is 42.8 Å². The molecule has 1 N–H and O–H groups in total. The zero-order chi connectivity index (χ0) is 24.6. The molecule has 34 heavy (non-hydrogen) atoms. The largest absolute Gasteiger partial charge is 0.346 e. The first-order valence-corrected chi connectivity index (χ1v) is 12.7. The second-order valence-electron chi connectivity index (χ2n) is 8.52. The lowest BCUT2D eigenvalue weighted by atomic mass is 10.2. The summed E-state index contributed by atoms with van der Waals surface area (Å²) >= 11 is 0. The maximum atomic E-state index is 12.7. The molecule has 2 aromatic heterocycles. The highest BCUT2D eigenvalue weighted by Crippen LogP contribution is 2.23. The molecule has 180 valence electrons. The van der Waals surface area contributed by atoms with Crippen molar-refractivity contribution in [2.45, 2.75) is 44.2 Å². The Morgan fingerprint density at radius 2 is 1.82 bits per heavy atom. The fraction of sp³-hybridized carbons (Fsp3) is 0.375. The van der Waals surface area contributed by atoms with Crippen LogP contribution in [0.15, 0.2) is 47.4 Å². The maximum absolute atomic E-state index is 12.7. The van der Waals surface area contributed by atoms with Crippen molar-refractivity contribution in [3.05, 3.63) is 54.1 Å². The third-order valence-electron chi connectivity index (χ3n) is 6.06. The molecule has 0 saturated heterocycles. The number of nitrogens with zero attached hydrogens (tertiary/aromatic N) is 5. The van der Waals surface area contributed by atoms with Crippen molar-refractivity contribution in [3.63, 3.8) is 0 Å². The minimum atomic E-state index is -3.54. The maximum Gasteiger partial charge on any atom is 0.242 e. The molecule has 0 fully saturated rings. The smallest absolute Gasteiger partial charge is 0.242 e. The molecule has 9 nitrogen and oxygen atoms in total. The van der Waals surface area contributed by atoms with E-state index in [1.165, 1.54) is 18.4 Å². The van der Waals surface area contributed by atoms with E-state index >= 15 is 0 Å². The molecule has 2 aromatic carbocycles. The number of sulfonamides is 1. The molecule has 0 aliphatic rings. The van der Waals surface area contributed by atoms with Gasteiger partial charge >= 0.3 is 0 Å². The monoisotopic (exact) mass is 482 g/mol. The van der Waals surface area contributed by atoms with E-state index in [-0.39, 0.29) is 23.3 Å². The van der Waals surface area contributed by atoms with E-state index in [4.69, 9.17) is 4.98 Å². The van der Waals surface area contributed by atoms with Gasteiger partial charge in [0.05, 0.1) is 33.0 Å². The van der Waals surface area contributed by atoms with Crippen LogP contribution in [0.25, 0.3) is 22.1 Å². The summed E-state index contributed by atoms with van der Waals surface area (Å²) < 4.78 is 30.1.